The average Bonchev–Trinajstić information content (AvgIpc) is 1.99. The second kappa shape index (κ2) is 4.73. The molecule has 0 unspecified atom stereocenters. The van der Waals surface area contributed by atoms with Gasteiger partial charge in [-0.05, 0) is 6.92 Å². The van der Waals surface area contributed by atoms with Crippen LogP contribution in [-0.2, 0) is 0 Å². The van der Waals surface area contributed by atoms with Crippen LogP contribution in [0.15, 0.2) is 22.3 Å². The molecular formula is C13H24N2. The van der Waals surface area contributed by atoms with Gasteiger partial charge in [0.15, 0.2) is 0 Å². The summed E-state index contributed by atoms with van der Waals surface area (Å²) in [4.78, 5) is 8.85. The Bertz CT molecular complexity index is 283. The van der Waals surface area contributed by atoms with E-state index in [4.69, 9.17) is 0 Å². The van der Waals surface area contributed by atoms with Crippen molar-refractivity contribution in [3.63, 3.8) is 0 Å². The number of allylic oxidation sites excluding steroid dienone is 1. The first-order valence-electron chi connectivity index (χ1n) is 5.36. The van der Waals surface area contributed by atoms with Crippen LogP contribution in [0.4, 0.5) is 0 Å². The first-order chi connectivity index (χ1) is 6.59. The van der Waals surface area contributed by atoms with E-state index in [1.165, 1.54) is 0 Å². The summed E-state index contributed by atoms with van der Waals surface area (Å²) in [7, 11) is 0. The minimum absolute atomic E-state index is 0.000237. The van der Waals surface area contributed by atoms with Gasteiger partial charge < -0.3 is 0 Å². The van der Waals surface area contributed by atoms with Gasteiger partial charge in [-0.3, -0.25) is 0 Å². The van der Waals surface area contributed by atoms with Crippen LogP contribution in [0.25, 0.3) is 0 Å². The van der Waals surface area contributed by atoms with Crippen molar-refractivity contribution in [1.82, 2.24) is 0 Å². The van der Waals surface area contributed by atoms with E-state index in [1.807, 2.05) is 6.92 Å². The third-order valence-corrected chi connectivity index (χ3v) is 2.03. The molecule has 0 aromatic rings. The molecule has 0 N–H and O–H groups in total. The second-order valence-corrected chi connectivity index (χ2v) is 5.77. The first kappa shape index (κ1) is 14.1. The number of hydrogen-bond donors (Lipinski definition) is 0. The van der Waals surface area contributed by atoms with E-state index < -0.39 is 0 Å². The number of nitrogens with zero attached hydrogens (tertiary/aromatic N) is 2. The van der Waals surface area contributed by atoms with Crippen LogP contribution in [0.1, 0.15) is 48.5 Å². The van der Waals surface area contributed by atoms with Gasteiger partial charge in [-0.2, -0.15) is 0 Å². The molecule has 0 aromatic carbocycles. The summed E-state index contributed by atoms with van der Waals surface area (Å²) in [6, 6.07) is 0. The Balaban J connectivity index is 5.12. The highest BCUT2D eigenvalue weighted by molar-refractivity contribution is 5.93. The summed E-state index contributed by atoms with van der Waals surface area (Å²) in [6.45, 7) is 18.5. The second-order valence-electron chi connectivity index (χ2n) is 5.77. The predicted octanol–water partition coefficient (Wildman–Crippen LogP) is 4.08. The maximum atomic E-state index is 4.53. The Kier molecular flexibility index (Phi) is 4.44. The van der Waals surface area contributed by atoms with Crippen LogP contribution in [-0.4, -0.2) is 12.1 Å². The van der Waals surface area contributed by atoms with Crippen molar-refractivity contribution in [2.24, 2.45) is 20.8 Å². The molecule has 0 saturated heterocycles. The standard InChI is InChI=1S/C13H24N2/c1-9-14-11(13(6,7)8)15-10(2)12(3,4)5/h9H,2H2,1,3-8H3/b14-9-,15-11-. The Morgan fingerprint density at radius 1 is 1.00 bits per heavy atom. The van der Waals surface area contributed by atoms with Crippen LogP contribution in [0.3, 0.4) is 0 Å². The molecule has 0 amide bonds. The van der Waals surface area contributed by atoms with Gasteiger partial charge in [-0.25, -0.2) is 9.98 Å². The van der Waals surface area contributed by atoms with Crippen molar-refractivity contribution >= 4 is 12.1 Å². The fourth-order valence-electron chi connectivity index (χ4n) is 0.808. The summed E-state index contributed by atoms with van der Waals surface area (Å²) in [5.74, 6) is 0.838. The molecule has 2 heteroatoms. The molecule has 86 valence electrons. The van der Waals surface area contributed by atoms with Gasteiger partial charge in [0.05, 0.1) is 0 Å². The molecule has 0 fully saturated rings. The molecule has 0 heterocycles. The third-order valence-electron chi connectivity index (χ3n) is 2.03. The molecule has 0 aliphatic rings. The predicted molar refractivity (Wildman–Crippen MR) is 69.7 cm³/mol. The Morgan fingerprint density at radius 2 is 1.47 bits per heavy atom. The van der Waals surface area contributed by atoms with Gasteiger partial charge in [0, 0.05) is 22.7 Å². The topological polar surface area (TPSA) is 24.7 Å². The Morgan fingerprint density at radius 3 is 1.73 bits per heavy atom. The van der Waals surface area contributed by atoms with Crippen molar-refractivity contribution < 1.29 is 0 Å². The molecule has 15 heavy (non-hydrogen) atoms. The average molecular weight is 208 g/mol. The molecule has 0 aromatic heterocycles. The van der Waals surface area contributed by atoms with Crippen LogP contribution in [0.5, 0.6) is 0 Å². The van der Waals surface area contributed by atoms with Crippen LogP contribution in [0, 0.1) is 10.8 Å². The van der Waals surface area contributed by atoms with Crippen LogP contribution >= 0.6 is 0 Å². The fraction of sp³-hybridized carbons (Fsp3) is 0.692. The molecule has 0 aliphatic heterocycles. The van der Waals surface area contributed by atoms with Crippen LogP contribution in [0.2, 0.25) is 0 Å². The summed E-state index contributed by atoms with van der Waals surface area (Å²) in [5, 5.41) is 0. The number of amidine groups is 1. The number of aliphatic imine (C=N–C) groups is 2. The molecular weight excluding hydrogens is 184 g/mol. The lowest BCUT2D eigenvalue weighted by Crippen LogP contribution is -2.20. The molecule has 0 atom stereocenters. The molecule has 0 saturated carbocycles. The first-order valence-corrected chi connectivity index (χ1v) is 5.36. The van der Waals surface area contributed by atoms with E-state index in [0.29, 0.717) is 0 Å². The highest BCUT2D eigenvalue weighted by Gasteiger charge is 2.21. The molecule has 2 nitrogen and oxygen atoms in total. The summed E-state index contributed by atoms with van der Waals surface area (Å²) < 4.78 is 0. The van der Waals surface area contributed by atoms with E-state index in [0.717, 1.165) is 11.5 Å². The zero-order valence-corrected chi connectivity index (χ0v) is 11.2. The Labute approximate surface area is 94.2 Å². The highest BCUT2D eigenvalue weighted by Crippen LogP contribution is 2.27. The minimum atomic E-state index is -0.0410. The lowest BCUT2D eigenvalue weighted by atomic mass is 9.91. The van der Waals surface area contributed by atoms with Gasteiger partial charge in [0.25, 0.3) is 0 Å². The third kappa shape index (κ3) is 4.91. The van der Waals surface area contributed by atoms with E-state index >= 15 is 0 Å². The van der Waals surface area contributed by atoms with Crippen LogP contribution < -0.4 is 0 Å². The minimum Gasteiger partial charge on any atom is -0.246 e. The molecule has 0 bridgehead atoms. The van der Waals surface area contributed by atoms with E-state index in [-0.39, 0.29) is 10.8 Å². The van der Waals surface area contributed by atoms with Crippen molar-refractivity contribution in [3.8, 4) is 0 Å². The summed E-state index contributed by atoms with van der Waals surface area (Å²) in [6.07, 6.45) is 1.78. The highest BCUT2D eigenvalue weighted by atomic mass is 14.9. The molecule has 0 rings (SSSR count). The van der Waals surface area contributed by atoms with Gasteiger partial charge in [0.1, 0.15) is 5.84 Å². The summed E-state index contributed by atoms with van der Waals surface area (Å²) >= 11 is 0. The lowest BCUT2D eigenvalue weighted by Gasteiger charge is -2.22. The zero-order valence-electron chi connectivity index (χ0n) is 11.2. The molecule has 0 radical (unpaired) electrons. The Hall–Kier alpha value is -0.920. The monoisotopic (exact) mass is 208 g/mol. The van der Waals surface area contributed by atoms with Crippen molar-refractivity contribution in [1.29, 1.82) is 0 Å². The lowest BCUT2D eigenvalue weighted by molar-refractivity contribution is 0.495. The van der Waals surface area contributed by atoms with Crippen molar-refractivity contribution in [3.05, 3.63) is 12.3 Å². The SMILES string of the molecule is C=C(/N=C(\N=C/C)C(C)(C)C)C(C)(C)C. The number of hydrogen-bond acceptors (Lipinski definition) is 1. The van der Waals surface area contributed by atoms with E-state index in [2.05, 4.69) is 58.1 Å². The largest absolute Gasteiger partial charge is 0.246 e. The van der Waals surface area contributed by atoms with Gasteiger partial charge in [-0.15, -0.1) is 0 Å². The molecule has 0 spiro atoms. The fourth-order valence-corrected chi connectivity index (χ4v) is 0.808. The van der Waals surface area contributed by atoms with Crippen molar-refractivity contribution in [2.75, 3.05) is 0 Å². The van der Waals surface area contributed by atoms with Crippen molar-refractivity contribution in [2.45, 2.75) is 48.5 Å². The molecule has 0 aliphatic carbocycles. The maximum absolute atomic E-state index is 4.53. The zero-order chi connectivity index (χ0) is 12.3. The van der Waals surface area contributed by atoms with Gasteiger partial charge in [-0.1, -0.05) is 48.1 Å². The number of rotatable bonds is 1. The van der Waals surface area contributed by atoms with Gasteiger partial charge in [0.2, 0.25) is 0 Å². The normalized spacial score (nSPS) is 14.7. The maximum Gasteiger partial charge on any atom is 0.133 e. The van der Waals surface area contributed by atoms with E-state index in [9.17, 15) is 0 Å². The van der Waals surface area contributed by atoms with E-state index in [1.54, 1.807) is 6.21 Å². The smallest absolute Gasteiger partial charge is 0.133 e. The quantitative estimate of drug-likeness (QED) is 0.458. The van der Waals surface area contributed by atoms with Gasteiger partial charge >= 0.3 is 0 Å². The summed E-state index contributed by atoms with van der Waals surface area (Å²) in [5.41, 5.74) is 0.832.